The molecule has 0 saturated heterocycles. The summed E-state index contributed by atoms with van der Waals surface area (Å²) in [5.74, 6) is 0.372. The summed E-state index contributed by atoms with van der Waals surface area (Å²) in [6.07, 6.45) is 3.21. The lowest BCUT2D eigenvalue weighted by Gasteiger charge is -2.37. The fraction of sp³-hybridized carbons (Fsp3) is 0.500. The van der Waals surface area contributed by atoms with Crippen LogP contribution < -0.4 is 4.31 Å². The van der Waals surface area contributed by atoms with Gasteiger partial charge in [-0.2, -0.15) is 0 Å². The summed E-state index contributed by atoms with van der Waals surface area (Å²) in [7, 11) is -3.64. The Balaban J connectivity index is 1.89. The molecule has 0 N–H and O–H groups in total. The van der Waals surface area contributed by atoms with Crippen LogP contribution in [0.15, 0.2) is 53.4 Å². The van der Waals surface area contributed by atoms with Crippen LogP contribution in [0.2, 0.25) is 0 Å². The molecule has 3 unspecified atom stereocenters. The van der Waals surface area contributed by atoms with E-state index < -0.39 is 10.0 Å². The number of aryl methyl sites for hydroxylation is 2. The first-order chi connectivity index (χ1) is 13.1. The second-order valence-corrected chi connectivity index (χ2v) is 11.5. The maximum absolute atomic E-state index is 13.9. The normalized spacial score (nSPS) is 28.5. The van der Waals surface area contributed by atoms with Gasteiger partial charge in [-0.25, -0.2) is 8.42 Å². The third kappa shape index (κ3) is 2.80. The summed E-state index contributed by atoms with van der Waals surface area (Å²) >= 11 is 0. The van der Waals surface area contributed by atoms with E-state index in [2.05, 4.69) is 26.8 Å². The van der Waals surface area contributed by atoms with Gasteiger partial charge in [0.05, 0.1) is 10.6 Å². The molecule has 0 heterocycles. The number of anilines is 1. The highest BCUT2D eigenvalue weighted by Crippen LogP contribution is 2.67. The second-order valence-electron chi connectivity index (χ2n) is 9.66. The van der Waals surface area contributed by atoms with Gasteiger partial charge in [-0.15, -0.1) is 0 Å². The number of hydrogen-bond donors (Lipinski definition) is 0. The number of hydrogen-bond acceptors (Lipinski definition) is 2. The van der Waals surface area contributed by atoms with Gasteiger partial charge >= 0.3 is 0 Å². The van der Waals surface area contributed by atoms with Gasteiger partial charge in [-0.3, -0.25) is 4.31 Å². The van der Waals surface area contributed by atoms with Crippen molar-refractivity contribution < 1.29 is 8.42 Å². The van der Waals surface area contributed by atoms with Crippen LogP contribution in [0.25, 0.3) is 0 Å². The minimum Gasteiger partial charge on any atom is -0.263 e. The summed E-state index contributed by atoms with van der Waals surface area (Å²) < 4.78 is 29.5. The minimum absolute atomic E-state index is 0.000145. The molecular formula is C24H31NO2S. The predicted octanol–water partition coefficient (Wildman–Crippen LogP) is 5.71. The Bertz CT molecular complexity index is 974. The highest BCUT2D eigenvalue weighted by Gasteiger charge is 2.63. The van der Waals surface area contributed by atoms with Crippen molar-refractivity contribution in [3.8, 4) is 0 Å². The van der Waals surface area contributed by atoms with Crippen molar-refractivity contribution >= 4 is 15.7 Å². The van der Waals surface area contributed by atoms with Gasteiger partial charge in [0.25, 0.3) is 10.0 Å². The summed E-state index contributed by atoms with van der Waals surface area (Å²) in [6, 6.07) is 15.0. The first-order valence-corrected chi connectivity index (χ1v) is 11.7. The van der Waals surface area contributed by atoms with E-state index >= 15 is 0 Å². The molecule has 2 aromatic carbocycles. The molecule has 3 nitrogen and oxygen atoms in total. The Kier molecular flexibility index (Phi) is 4.42. The average Bonchev–Trinajstić information content (AvgIpc) is 2.94. The van der Waals surface area contributed by atoms with E-state index in [1.807, 2.05) is 32.0 Å². The lowest BCUT2D eigenvalue weighted by Crippen LogP contribution is -2.44. The van der Waals surface area contributed by atoms with E-state index in [1.165, 1.54) is 6.42 Å². The maximum atomic E-state index is 13.9. The van der Waals surface area contributed by atoms with E-state index in [4.69, 9.17) is 0 Å². The summed E-state index contributed by atoms with van der Waals surface area (Å²) in [5, 5.41) is 0. The molecule has 3 atom stereocenters. The molecule has 2 aliphatic carbocycles. The molecule has 2 fully saturated rings. The van der Waals surface area contributed by atoms with Crippen molar-refractivity contribution in [2.24, 2.45) is 16.7 Å². The molecule has 2 aliphatic rings. The second kappa shape index (κ2) is 6.35. The predicted molar refractivity (Wildman–Crippen MR) is 115 cm³/mol. The van der Waals surface area contributed by atoms with Gasteiger partial charge in [0.1, 0.15) is 0 Å². The van der Waals surface area contributed by atoms with Crippen LogP contribution in [-0.4, -0.2) is 14.5 Å². The van der Waals surface area contributed by atoms with Crippen LogP contribution in [0.5, 0.6) is 0 Å². The molecular weight excluding hydrogens is 366 g/mol. The standard InChI is InChI=1S/C24H31NO2S/c1-17-13-18(2)15-19(14-17)25(28(26,27)20-9-7-6-8-10-20)22-16-24(5)12-11-21(22)23(24,3)4/h6-10,13-15,21-22H,11-12,16H2,1-5H3. The number of fused-ring (bicyclic) bond motifs is 2. The molecule has 0 spiro atoms. The molecule has 2 bridgehead atoms. The molecule has 28 heavy (non-hydrogen) atoms. The van der Waals surface area contributed by atoms with Gasteiger partial charge in [0, 0.05) is 6.04 Å². The zero-order valence-electron chi connectivity index (χ0n) is 17.6. The van der Waals surface area contributed by atoms with E-state index in [0.29, 0.717) is 10.8 Å². The quantitative estimate of drug-likeness (QED) is 0.662. The fourth-order valence-corrected chi connectivity index (χ4v) is 7.47. The van der Waals surface area contributed by atoms with Gasteiger partial charge in [0.15, 0.2) is 0 Å². The van der Waals surface area contributed by atoms with Gasteiger partial charge < -0.3 is 0 Å². The third-order valence-corrected chi connectivity index (χ3v) is 9.54. The number of rotatable bonds is 4. The van der Waals surface area contributed by atoms with Crippen molar-refractivity contribution in [2.45, 2.75) is 64.8 Å². The van der Waals surface area contributed by atoms with Crippen molar-refractivity contribution in [2.75, 3.05) is 4.31 Å². The first kappa shape index (κ1) is 19.5. The van der Waals surface area contributed by atoms with Crippen LogP contribution in [0, 0.1) is 30.6 Å². The third-order valence-electron chi connectivity index (χ3n) is 7.68. The number of sulfonamides is 1. The van der Waals surface area contributed by atoms with E-state index in [-0.39, 0.29) is 16.9 Å². The van der Waals surface area contributed by atoms with Gasteiger partial charge in [-0.1, -0.05) is 45.0 Å². The molecule has 0 amide bonds. The number of nitrogens with zero attached hydrogens (tertiary/aromatic N) is 1. The topological polar surface area (TPSA) is 37.4 Å². The van der Waals surface area contributed by atoms with Crippen molar-refractivity contribution in [1.82, 2.24) is 0 Å². The molecule has 2 aromatic rings. The van der Waals surface area contributed by atoms with Crippen LogP contribution in [0.3, 0.4) is 0 Å². The summed E-state index contributed by atoms with van der Waals surface area (Å²) in [6.45, 7) is 11.1. The Hall–Kier alpha value is -1.81. The molecule has 0 aliphatic heterocycles. The molecule has 4 rings (SSSR count). The smallest absolute Gasteiger partial charge is 0.263 e. The van der Waals surface area contributed by atoms with Crippen LogP contribution >= 0.6 is 0 Å². The lowest BCUT2D eigenvalue weighted by atomic mass is 9.71. The Morgan fingerprint density at radius 2 is 1.57 bits per heavy atom. The van der Waals surface area contributed by atoms with Crippen molar-refractivity contribution in [1.29, 1.82) is 0 Å². The van der Waals surface area contributed by atoms with E-state index in [0.717, 1.165) is 29.7 Å². The summed E-state index contributed by atoms with van der Waals surface area (Å²) in [4.78, 5) is 0.375. The SMILES string of the molecule is Cc1cc(C)cc(N(C2CC3(C)CCC2C3(C)C)S(=O)(=O)c2ccccc2)c1. The minimum atomic E-state index is -3.64. The monoisotopic (exact) mass is 397 g/mol. The first-order valence-electron chi connectivity index (χ1n) is 10.2. The van der Waals surface area contributed by atoms with Crippen LogP contribution in [0.4, 0.5) is 5.69 Å². The van der Waals surface area contributed by atoms with Crippen LogP contribution in [0.1, 0.15) is 51.2 Å². The molecule has 2 saturated carbocycles. The van der Waals surface area contributed by atoms with Crippen molar-refractivity contribution in [3.63, 3.8) is 0 Å². The molecule has 4 heteroatoms. The highest BCUT2D eigenvalue weighted by molar-refractivity contribution is 7.92. The maximum Gasteiger partial charge on any atom is 0.264 e. The summed E-state index contributed by atoms with van der Waals surface area (Å²) in [5.41, 5.74) is 3.32. The van der Waals surface area contributed by atoms with E-state index in [9.17, 15) is 8.42 Å². The Labute approximate surface area is 169 Å². The average molecular weight is 398 g/mol. The Morgan fingerprint density at radius 3 is 2.07 bits per heavy atom. The van der Waals surface area contributed by atoms with Gasteiger partial charge in [-0.05, 0) is 85.3 Å². The highest BCUT2D eigenvalue weighted by atomic mass is 32.2. The van der Waals surface area contributed by atoms with E-state index in [1.54, 1.807) is 28.6 Å². The zero-order valence-corrected chi connectivity index (χ0v) is 18.4. The number of benzene rings is 2. The Morgan fingerprint density at radius 1 is 0.964 bits per heavy atom. The zero-order chi connectivity index (χ0) is 20.3. The van der Waals surface area contributed by atoms with Crippen molar-refractivity contribution in [3.05, 3.63) is 59.7 Å². The molecule has 150 valence electrons. The van der Waals surface area contributed by atoms with Gasteiger partial charge in [0.2, 0.25) is 0 Å². The largest absolute Gasteiger partial charge is 0.264 e. The van der Waals surface area contributed by atoms with Crippen LogP contribution in [-0.2, 0) is 10.0 Å². The lowest BCUT2D eigenvalue weighted by molar-refractivity contribution is 0.152. The fourth-order valence-electron chi connectivity index (χ4n) is 5.79. The molecule has 0 aromatic heterocycles. The molecule has 0 radical (unpaired) electrons.